The summed E-state index contributed by atoms with van der Waals surface area (Å²) in [6, 6.07) is 0.717. The van der Waals surface area contributed by atoms with Crippen LogP contribution in [-0.2, 0) is 6.61 Å². The number of fused-ring (bicyclic) bond motifs is 1. The Morgan fingerprint density at radius 3 is 2.94 bits per heavy atom. The highest BCUT2D eigenvalue weighted by Gasteiger charge is 2.29. The molecule has 2 aliphatic rings. The molecule has 3 heterocycles. The molecule has 1 N–H and O–H groups in total. The molecule has 1 unspecified atom stereocenters. The van der Waals surface area contributed by atoms with Crippen molar-refractivity contribution in [3.8, 4) is 0 Å². The molecule has 1 aromatic rings. The van der Waals surface area contributed by atoms with E-state index in [-0.39, 0.29) is 6.61 Å². The second kappa shape index (κ2) is 5.15. The molecule has 1 aromatic heterocycles. The number of nitrogens with zero attached hydrogens (tertiary/aromatic N) is 3. The molecule has 0 aliphatic carbocycles. The van der Waals surface area contributed by atoms with Crippen LogP contribution in [0.15, 0.2) is 0 Å². The van der Waals surface area contributed by atoms with Crippen molar-refractivity contribution in [3.05, 3.63) is 10.6 Å². The van der Waals surface area contributed by atoms with Crippen LogP contribution in [-0.4, -0.2) is 47.2 Å². The lowest BCUT2D eigenvalue weighted by Gasteiger charge is -2.25. The molecule has 100 valence electrons. The van der Waals surface area contributed by atoms with Crippen molar-refractivity contribution >= 4 is 16.5 Å². The average Bonchev–Trinajstić information content (AvgIpc) is 2.90. The SMILES string of the molecule is Cc1nc(N2CCCN3CCCC3C2)sc1CO. The lowest BCUT2D eigenvalue weighted by molar-refractivity contribution is 0.273. The first-order valence-corrected chi connectivity index (χ1v) is 7.65. The Labute approximate surface area is 112 Å². The highest BCUT2D eigenvalue weighted by molar-refractivity contribution is 7.15. The molecule has 5 heteroatoms. The summed E-state index contributed by atoms with van der Waals surface area (Å²) in [5.41, 5.74) is 0.991. The summed E-state index contributed by atoms with van der Waals surface area (Å²) >= 11 is 1.66. The van der Waals surface area contributed by atoms with Crippen LogP contribution < -0.4 is 4.90 Å². The second-order valence-corrected chi connectivity index (χ2v) is 6.36. The van der Waals surface area contributed by atoms with E-state index >= 15 is 0 Å². The molecular formula is C13H21N3OS. The zero-order valence-electron chi connectivity index (χ0n) is 10.9. The predicted octanol–water partition coefficient (Wildman–Crippen LogP) is 1.62. The van der Waals surface area contributed by atoms with Crippen LogP contribution in [0, 0.1) is 6.92 Å². The Hall–Kier alpha value is -0.650. The van der Waals surface area contributed by atoms with E-state index in [9.17, 15) is 5.11 Å². The number of aliphatic hydroxyl groups is 1. The summed E-state index contributed by atoms with van der Waals surface area (Å²) in [7, 11) is 0. The van der Waals surface area contributed by atoms with Gasteiger partial charge in [0.1, 0.15) is 0 Å². The Kier molecular flexibility index (Phi) is 3.54. The van der Waals surface area contributed by atoms with Crippen LogP contribution in [0.1, 0.15) is 29.8 Å². The summed E-state index contributed by atoms with van der Waals surface area (Å²) < 4.78 is 0. The zero-order valence-corrected chi connectivity index (χ0v) is 11.7. The van der Waals surface area contributed by atoms with Gasteiger partial charge in [-0.05, 0) is 32.7 Å². The standard InChI is InChI=1S/C13H21N3OS/c1-10-12(9-17)18-13(14-10)16-7-3-6-15-5-2-4-11(15)8-16/h11,17H,2-9H2,1H3. The number of aryl methyl sites for hydroxylation is 1. The molecule has 0 radical (unpaired) electrons. The normalized spacial score (nSPS) is 25.2. The predicted molar refractivity (Wildman–Crippen MR) is 74.2 cm³/mol. The van der Waals surface area contributed by atoms with Gasteiger partial charge in [-0.25, -0.2) is 4.98 Å². The van der Waals surface area contributed by atoms with Gasteiger partial charge in [0.15, 0.2) is 5.13 Å². The maximum atomic E-state index is 9.28. The quantitative estimate of drug-likeness (QED) is 0.884. The third-order valence-electron chi connectivity index (χ3n) is 4.10. The van der Waals surface area contributed by atoms with E-state index in [2.05, 4.69) is 14.8 Å². The number of hydrogen-bond acceptors (Lipinski definition) is 5. The van der Waals surface area contributed by atoms with Crippen molar-refractivity contribution in [1.29, 1.82) is 0 Å². The molecule has 3 rings (SSSR count). The topological polar surface area (TPSA) is 39.6 Å². The van der Waals surface area contributed by atoms with Crippen LogP contribution in [0.25, 0.3) is 0 Å². The lowest BCUT2D eigenvalue weighted by atomic mass is 10.2. The van der Waals surface area contributed by atoms with E-state index in [1.54, 1.807) is 11.3 Å². The first-order chi connectivity index (χ1) is 8.78. The van der Waals surface area contributed by atoms with Gasteiger partial charge < -0.3 is 10.0 Å². The number of rotatable bonds is 2. The molecule has 1 atom stereocenters. The van der Waals surface area contributed by atoms with Gasteiger partial charge in [-0.1, -0.05) is 11.3 Å². The summed E-state index contributed by atoms with van der Waals surface area (Å²) in [6.07, 6.45) is 3.90. The van der Waals surface area contributed by atoms with E-state index in [0.29, 0.717) is 6.04 Å². The lowest BCUT2D eigenvalue weighted by Crippen LogP contribution is -2.36. The molecule has 0 bridgehead atoms. The second-order valence-electron chi connectivity index (χ2n) is 5.29. The molecule has 0 saturated carbocycles. The van der Waals surface area contributed by atoms with Crippen LogP contribution in [0.2, 0.25) is 0 Å². The Bertz CT molecular complexity index is 420. The largest absolute Gasteiger partial charge is 0.391 e. The van der Waals surface area contributed by atoms with Crippen molar-refractivity contribution in [2.24, 2.45) is 0 Å². The minimum Gasteiger partial charge on any atom is -0.391 e. The maximum absolute atomic E-state index is 9.28. The van der Waals surface area contributed by atoms with Gasteiger partial charge >= 0.3 is 0 Å². The highest BCUT2D eigenvalue weighted by atomic mass is 32.1. The van der Waals surface area contributed by atoms with Gasteiger partial charge in [-0.2, -0.15) is 0 Å². The van der Waals surface area contributed by atoms with Crippen LogP contribution in [0.3, 0.4) is 0 Å². The van der Waals surface area contributed by atoms with Crippen molar-refractivity contribution in [2.45, 2.75) is 38.8 Å². The summed E-state index contributed by atoms with van der Waals surface area (Å²) in [5, 5.41) is 10.4. The maximum Gasteiger partial charge on any atom is 0.185 e. The molecule has 0 amide bonds. The van der Waals surface area contributed by atoms with Crippen molar-refractivity contribution in [3.63, 3.8) is 0 Å². The number of thiazole rings is 1. The minimum absolute atomic E-state index is 0.118. The Morgan fingerprint density at radius 2 is 2.17 bits per heavy atom. The first-order valence-electron chi connectivity index (χ1n) is 6.84. The summed E-state index contributed by atoms with van der Waals surface area (Å²) in [6.45, 7) is 6.83. The van der Waals surface area contributed by atoms with E-state index < -0.39 is 0 Å². The van der Waals surface area contributed by atoms with Gasteiger partial charge in [-0.15, -0.1) is 0 Å². The Balaban J connectivity index is 1.78. The molecule has 2 fully saturated rings. The van der Waals surface area contributed by atoms with Gasteiger partial charge in [0, 0.05) is 25.7 Å². The first kappa shape index (κ1) is 12.4. The average molecular weight is 267 g/mol. The summed E-state index contributed by atoms with van der Waals surface area (Å²) in [4.78, 5) is 10.7. The number of anilines is 1. The number of aromatic nitrogens is 1. The molecule has 2 aliphatic heterocycles. The fourth-order valence-electron chi connectivity index (χ4n) is 3.07. The highest BCUT2D eigenvalue weighted by Crippen LogP contribution is 2.29. The smallest absolute Gasteiger partial charge is 0.185 e. The van der Waals surface area contributed by atoms with Gasteiger partial charge in [0.2, 0.25) is 0 Å². The minimum atomic E-state index is 0.118. The fraction of sp³-hybridized carbons (Fsp3) is 0.769. The zero-order chi connectivity index (χ0) is 12.5. The third kappa shape index (κ3) is 2.27. The van der Waals surface area contributed by atoms with E-state index in [0.717, 1.165) is 28.8 Å². The van der Waals surface area contributed by atoms with Crippen LogP contribution in [0.5, 0.6) is 0 Å². The monoisotopic (exact) mass is 267 g/mol. The summed E-state index contributed by atoms with van der Waals surface area (Å²) in [5.74, 6) is 0. The molecular weight excluding hydrogens is 246 g/mol. The van der Waals surface area contributed by atoms with Crippen molar-refractivity contribution < 1.29 is 5.11 Å². The van der Waals surface area contributed by atoms with Crippen molar-refractivity contribution in [2.75, 3.05) is 31.1 Å². The molecule has 0 spiro atoms. The fourth-order valence-corrected chi connectivity index (χ4v) is 4.03. The number of aliphatic hydroxyl groups excluding tert-OH is 1. The van der Waals surface area contributed by atoms with Crippen LogP contribution >= 0.6 is 11.3 Å². The molecule has 18 heavy (non-hydrogen) atoms. The van der Waals surface area contributed by atoms with Gasteiger partial charge in [0.05, 0.1) is 17.2 Å². The third-order valence-corrected chi connectivity index (χ3v) is 5.30. The molecule has 0 aromatic carbocycles. The Morgan fingerprint density at radius 1 is 1.33 bits per heavy atom. The molecule has 4 nitrogen and oxygen atoms in total. The van der Waals surface area contributed by atoms with Crippen LogP contribution in [0.4, 0.5) is 5.13 Å². The number of hydrogen-bond donors (Lipinski definition) is 1. The van der Waals surface area contributed by atoms with E-state index in [1.807, 2.05) is 6.92 Å². The van der Waals surface area contributed by atoms with E-state index in [1.165, 1.54) is 32.4 Å². The van der Waals surface area contributed by atoms with E-state index in [4.69, 9.17) is 0 Å². The van der Waals surface area contributed by atoms with Gasteiger partial charge in [-0.3, -0.25) is 4.90 Å². The molecule has 2 saturated heterocycles. The van der Waals surface area contributed by atoms with Gasteiger partial charge in [0.25, 0.3) is 0 Å². The van der Waals surface area contributed by atoms with Crippen molar-refractivity contribution in [1.82, 2.24) is 9.88 Å².